The summed E-state index contributed by atoms with van der Waals surface area (Å²) in [4.78, 5) is 157. The first-order chi connectivity index (χ1) is 60.4. The number of carboxylic acids is 1. The van der Waals surface area contributed by atoms with E-state index in [0.29, 0.717) is 99.5 Å². The summed E-state index contributed by atoms with van der Waals surface area (Å²) in [5, 5.41) is 22.5. The standard InChI is InChI=1S/C96H123N11O20/c1-21-60-53(3)68-45-69-56(6)63(75(99-69)48-74-62(25-30-78(108)109)55(5)71(100-74)47-73-61(22-2)54(4)70(98-73)46-72(60)97-68)26-31-83(114)127-43-42-125-41-40-124-39-37-107-52-59(105-106-107)24-23-38-126-86(117)50-94(12)64(27-32-79(110)118-15)76-49-77-92(9,10)65(28-33-80(111)119-16)87(102-77)57(7)89-93(11,36-35-82(113)121-18)67(44-84(115)122-19)91(103-89)96(14)95(13,51-85(116)123-20)66(29-34-81(112)120-17)88(104-96)58(8)90(94)101-76/h21-22,45-49,52,64-67,91,97,100,103H,1-2,23-44,50-51H2,3-20H3,(H,108,109)/b68-45?,69-45?,70-46?,71-47?,72-46?,73-47?,74-48?,75-48?,77-49-,89-57-,90-58-/t64-,65-,66-,67+,91?,93-,94+,95+,96+/m1/s1. The van der Waals surface area contributed by atoms with Gasteiger partial charge in [0.15, 0.2) is 0 Å². The van der Waals surface area contributed by atoms with E-state index in [9.17, 15) is 48.3 Å². The smallest absolute Gasteiger partial charge is 0.306 e. The fraction of sp³-hybridized carbons (Fsp3) is 0.542. The van der Waals surface area contributed by atoms with E-state index in [0.717, 1.165) is 66.8 Å². The molecule has 4 aromatic rings. The van der Waals surface area contributed by atoms with Crippen LogP contribution in [0.2, 0.25) is 0 Å². The van der Waals surface area contributed by atoms with Crippen molar-refractivity contribution in [2.24, 2.45) is 60.3 Å². The van der Waals surface area contributed by atoms with E-state index in [2.05, 4.69) is 38.8 Å². The molecule has 31 heteroatoms. The summed E-state index contributed by atoms with van der Waals surface area (Å²) >= 11 is 0. The minimum Gasteiger partial charge on any atom is -0.481 e. The molecular weight excluding hydrogens is 1630 g/mol. The first-order valence-electron chi connectivity index (χ1n) is 43.5. The number of nitrogens with one attached hydrogen (secondary N) is 3. The van der Waals surface area contributed by atoms with Gasteiger partial charge in [0, 0.05) is 152 Å². The molecule has 0 saturated carbocycles. The van der Waals surface area contributed by atoms with Crippen LogP contribution in [-0.2, 0) is 110 Å². The summed E-state index contributed by atoms with van der Waals surface area (Å²) in [7, 11) is 7.86. The number of fused-ring (bicyclic) bond motifs is 14. The van der Waals surface area contributed by atoms with E-state index in [1.54, 1.807) is 17.0 Å². The van der Waals surface area contributed by atoms with E-state index in [1.165, 1.54) is 42.7 Å². The fourth-order valence-corrected chi connectivity index (χ4v) is 19.9. The van der Waals surface area contributed by atoms with E-state index in [1.807, 2.05) is 120 Å². The van der Waals surface area contributed by atoms with Gasteiger partial charge in [-0.05, 0) is 175 Å². The monoisotopic (exact) mass is 1750 g/mol. The molecule has 1 saturated heterocycles. The Morgan fingerprint density at radius 2 is 1.12 bits per heavy atom. The number of carbonyl (C=O) groups excluding carboxylic acids is 8. The van der Waals surface area contributed by atoms with Gasteiger partial charge in [-0.2, -0.15) is 0 Å². The van der Waals surface area contributed by atoms with Crippen molar-refractivity contribution >= 4 is 121 Å². The van der Waals surface area contributed by atoms with Crippen LogP contribution in [0.15, 0.2) is 99.0 Å². The number of ether oxygens (including phenoxy) is 10. The molecule has 4 N–H and O–H groups in total. The molecule has 127 heavy (non-hydrogen) atoms. The lowest BCUT2D eigenvalue weighted by Crippen LogP contribution is -2.58. The van der Waals surface area contributed by atoms with Gasteiger partial charge >= 0.3 is 53.7 Å². The second kappa shape index (κ2) is 40.6. The molecule has 1 unspecified atom stereocenters. The number of aliphatic imine (C=N–C) groups is 3. The number of aliphatic carboxylic acids is 1. The van der Waals surface area contributed by atoms with Crippen LogP contribution in [0.1, 0.15) is 216 Å². The molecule has 682 valence electrons. The van der Waals surface area contributed by atoms with Crippen LogP contribution in [0.5, 0.6) is 0 Å². The molecule has 4 aromatic heterocycles. The van der Waals surface area contributed by atoms with E-state index in [-0.39, 0.29) is 130 Å². The highest BCUT2D eigenvalue weighted by Crippen LogP contribution is 2.63. The number of hydrogen-bond acceptors (Lipinski definition) is 27. The number of esters is 8. The van der Waals surface area contributed by atoms with Gasteiger partial charge in [0.05, 0.1) is 147 Å². The summed E-state index contributed by atoms with van der Waals surface area (Å²) in [6.07, 6.45) is 8.46. The number of allylic oxidation sites excluding steroid dienone is 11. The number of carboxylic acid groups (broad SMARTS) is 1. The van der Waals surface area contributed by atoms with E-state index in [4.69, 9.17) is 72.3 Å². The summed E-state index contributed by atoms with van der Waals surface area (Å²) in [5.74, 6) is -7.59. The largest absolute Gasteiger partial charge is 0.481 e. The van der Waals surface area contributed by atoms with Gasteiger partial charge in [-0.15, -0.1) is 5.10 Å². The number of H-pyrrole nitrogens is 2. The Bertz CT molecular complexity index is 5470. The normalized spacial score (nSPS) is 24.3. The van der Waals surface area contributed by atoms with Crippen molar-refractivity contribution in [3.8, 4) is 0 Å². The molecule has 16 bridgehead atoms. The van der Waals surface area contributed by atoms with Crippen LogP contribution >= 0.6 is 0 Å². The second-order valence-corrected chi connectivity index (χ2v) is 35.2. The maximum Gasteiger partial charge on any atom is 0.306 e. The first kappa shape index (κ1) is 96.0. The Morgan fingerprint density at radius 3 is 1.77 bits per heavy atom. The van der Waals surface area contributed by atoms with Gasteiger partial charge in [0.25, 0.3) is 0 Å². The van der Waals surface area contributed by atoms with Crippen LogP contribution in [0.4, 0.5) is 0 Å². The molecule has 0 aromatic carbocycles. The molecule has 9 atom stereocenters. The Morgan fingerprint density at radius 1 is 0.535 bits per heavy atom. The van der Waals surface area contributed by atoms with Crippen molar-refractivity contribution in [2.45, 2.75) is 210 Å². The van der Waals surface area contributed by atoms with Crippen molar-refractivity contribution in [1.82, 2.24) is 40.2 Å². The van der Waals surface area contributed by atoms with E-state index < -0.39 is 111 Å². The number of rotatable bonds is 39. The molecule has 0 amide bonds. The van der Waals surface area contributed by atoms with Gasteiger partial charge < -0.3 is 67.8 Å². The Labute approximate surface area is 741 Å². The zero-order valence-corrected chi connectivity index (χ0v) is 76.7. The van der Waals surface area contributed by atoms with Gasteiger partial charge in [0.1, 0.15) is 6.61 Å². The molecule has 0 aliphatic carbocycles. The number of aryl methyl sites for hydroxylation is 4. The SMILES string of the molecule is C=CC1=C(C)c2cc3[nH]c(cc4nc(cc5[nH]c(cc1n2)c(C)c5CCC(=O)O)C(CCC(=O)OCCOCCOCCn1cc(CCCOC(=O)C[C@]2(C)/C5=C(\C)C6=N[C@@](C)(C7N/C(=C(/C)C8=N/C(=C\C(=N5)[C@H]2CCC(=O)OC)C(C)(C)[C@@H]8CCC(=O)OC)[C@](C)(CCC(=O)OC)[C@H]7CC(=O)OC)[C@@](C)(CC(=O)OC)[C@@H]6CCC(=O)OC)nn1)=C4C)c(C)c3C=C. The third kappa shape index (κ3) is 20.2. The van der Waals surface area contributed by atoms with Gasteiger partial charge in [0.2, 0.25) is 0 Å². The van der Waals surface area contributed by atoms with Crippen molar-refractivity contribution in [3.63, 3.8) is 0 Å². The van der Waals surface area contributed by atoms with Gasteiger partial charge in [-0.1, -0.05) is 65.1 Å². The molecule has 11 heterocycles. The zero-order valence-electron chi connectivity index (χ0n) is 76.7. The van der Waals surface area contributed by atoms with Crippen LogP contribution in [0, 0.1) is 59.2 Å². The maximum absolute atomic E-state index is 15.0. The predicted octanol–water partition coefficient (Wildman–Crippen LogP) is 14.1. The first-order valence-corrected chi connectivity index (χ1v) is 43.5. The van der Waals surface area contributed by atoms with Gasteiger partial charge in [-0.3, -0.25) is 58.1 Å². The number of aromatic nitrogens is 7. The highest BCUT2D eigenvalue weighted by Gasteiger charge is 2.67. The molecular formula is C96H123N11O20. The quantitative estimate of drug-likeness (QED) is 0.0183. The number of aromatic amines is 2. The Kier molecular flexibility index (Phi) is 30.7. The number of methoxy groups -OCH3 is 6. The summed E-state index contributed by atoms with van der Waals surface area (Å²) in [6, 6.07) is 7.06. The van der Waals surface area contributed by atoms with Crippen LogP contribution in [0.25, 0.3) is 50.4 Å². The summed E-state index contributed by atoms with van der Waals surface area (Å²) in [5.41, 5.74) is 12.4. The number of carbonyl (C=O) groups is 9. The molecule has 1 fully saturated rings. The number of hydrogen-bond donors (Lipinski definition) is 4. The van der Waals surface area contributed by atoms with E-state index >= 15 is 0 Å². The Balaban J connectivity index is 0.766. The molecule has 31 nitrogen and oxygen atoms in total. The topological polar surface area (TPSA) is 403 Å². The minimum absolute atomic E-state index is 0.00611. The molecule has 7 aliphatic heterocycles. The molecule has 7 aliphatic rings. The maximum atomic E-state index is 15.0. The lowest BCUT2D eigenvalue weighted by Gasteiger charge is -2.48. The highest BCUT2D eigenvalue weighted by atomic mass is 16.6. The lowest BCUT2D eigenvalue weighted by atomic mass is 9.56. The van der Waals surface area contributed by atoms with Crippen LogP contribution in [0.3, 0.4) is 0 Å². The highest BCUT2D eigenvalue weighted by molar-refractivity contribution is 6.10. The van der Waals surface area contributed by atoms with Crippen LogP contribution < -0.4 is 5.32 Å². The van der Waals surface area contributed by atoms with Crippen molar-refractivity contribution in [2.75, 3.05) is 82.3 Å². The third-order valence-electron chi connectivity index (χ3n) is 27.6. The second-order valence-electron chi connectivity index (χ2n) is 35.2. The summed E-state index contributed by atoms with van der Waals surface area (Å²) in [6.45, 7) is 33.2. The number of nitrogens with zero attached hydrogens (tertiary/aromatic N) is 8. The average molecular weight is 1750 g/mol. The zero-order chi connectivity index (χ0) is 92.4. The Hall–Kier alpha value is -11.6. The van der Waals surface area contributed by atoms with Crippen molar-refractivity contribution < 1.29 is 95.6 Å². The fourth-order valence-electron chi connectivity index (χ4n) is 19.9. The average Bonchev–Trinajstić information content (AvgIpc) is 1.52. The van der Waals surface area contributed by atoms with Gasteiger partial charge in [-0.25, -0.2) is 14.6 Å². The van der Waals surface area contributed by atoms with Crippen molar-refractivity contribution in [1.29, 1.82) is 0 Å². The lowest BCUT2D eigenvalue weighted by molar-refractivity contribution is -0.147. The van der Waals surface area contributed by atoms with Crippen molar-refractivity contribution in [3.05, 3.63) is 135 Å². The minimum atomic E-state index is -1.41. The third-order valence-corrected chi connectivity index (χ3v) is 27.6. The predicted molar refractivity (Wildman–Crippen MR) is 479 cm³/mol. The molecule has 11 rings (SSSR count). The summed E-state index contributed by atoms with van der Waals surface area (Å²) < 4.78 is 57.2. The molecule has 0 spiro atoms. The molecule has 0 radical (unpaired) electrons. The van der Waals surface area contributed by atoms with Crippen LogP contribution in [-0.4, -0.2) is 205 Å².